The van der Waals surface area contributed by atoms with Gasteiger partial charge in [0, 0.05) is 33.2 Å². The maximum atomic E-state index is 12.5. The second-order valence-corrected chi connectivity index (χ2v) is 8.16. The molecule has 5 nitrogen and oxygen atoms in total. The van der Waals surface area contributed by atoms with Crippen molar-refractivity contribution in [3.8, 4) is 11.8 Å². The molecule has 1 N–H and O–H groups in total. The van der Waals surface area contributed by atoms with Gasteiger partial charge < -0.3 is 4.57 Å². The van der Waals surface area contributed by atoms with Gasteiger partial charge in [-0.15, -0.1) is 11.3 Å². The number of rotatable bonds is 4. The van der Waals surface area contributed by atoms with Crippen LogP contribution in [0.4, 0.5) is 5.13 Å². The number of amides is 1. The zero-order chi connectivity index (χ0) is 20.4. The number of benzene rings is 1. The summed E-state index contributed by atoms with van der Waals surface area (Å²) >= 11 is 7.54. The van der Waals surface area contributed by atoms with E-state index in [4.69, 9.17) is 11.6 Å². The molecule has 0 aliphatic rings. The quantitative estimate of drug-likeness (QED) is 0.464. The lowest BCUT2D eigenvalue weighted by atomic mass is 10.1. The molecule has 0 radical (unpaired) electrons. The highest BCUT2D eigenvalue weighted by atomic mass is 35.5. The molecular weight excluding hydrogens is 392 g/mol. The average molecular weight is 411 g/mol. The Morgan fingerprint density at radius 2 is 2.04 bits per heavy atom. The van der Waals surface area contributed by atoms with Crippen molar-refractivity contribution in [2.75, 3.05) is 5.32 Å². The highest BCUT2D eigenvalue weighted by Gasteiger charge is 2.16. The van der Waals surface area contributed by atoms with Crippen LogP contribution in [-0.4, -0.2) is 15.5 Å². The van der Waals surface area contributed by atoms with Crippen LogP contribution in [0.15, 0.2) is 36.0 Å². The zero-order valence-electron chi connectivity index (χ0n) is 16.0. The summed E-state index contributed by atoms with van der Waals surface area (Å²) in [6.45, 7) is 7.86. The van der Waals surface area contributed by atoms with Crippen LogP contribution in [-0.2, 0) is 4.79 Å². The fraction of sp³-hybridized carbons (Fsp3) is 0.190. The predicted molar refractivity (Wildman–Crippen MR) is 114 cm³/mol. The number of hydrogen-bond acceptors (Lipinski definition) is 4. The van der Waals surface area contributed by atoms with Gasteiger partial charge in [0.15, 0.2) is 5.13 Å². The van der Waals surface area contributed by atoms with Crippen molar-refractivity contribution in [1.29, 1.82) is 5.26 Å². The topological polar surface area (TPSA) is 70.7 Å². The first-order valence-corrected chi connectivity index (χ1v) is 9.80. The molecule has 142 valence electrons. The highest BCUT2D eigenvalue weighted by Crippen LogP contribution is 2.27. The number of nitriles is 1. The van der Waals surface area contributed by atoms with Crippen molar-refractivity contribution < 1.29 is 4.79 Å². The summed E-state index contributed by atoms with van der Waals surface area (Å²) in [5.41, 5.74) is 4.80. The Labute approximate surface area is 172 Å². The number of carbonyl (C=O) groups excluding carboxylic acids is 1. The van der Waals surface area contributed by atoms with Gasteiger partial charge in [0.2, 0.25) is 0 Å². The smallest absolute Gasteiger partial charge is 0.268 e. The molecule has 1 aromatic carbocycles. The number of nitrogens with zero attached hydrogens (tertiary/aromatic N) is 3. The molecule has 3 aromatic rings. The fourth-order valence-electron chi connectivity index (χ4n) is 3.01. The van der Waals surface area contributed by atoms with Crippen LogP contribution in [0.1, 0.15) is 27.4 Å². The van der Waals surface area contributed by atoms with E-state index in [9.17, 15) is 10.1 Å². The minimum atomic E-state index is -0.472. The lowest BCUT2D eigenvalue weighted by Gasteiger charge is -2.13. The average Bonchev–Trinajstić information content (AvgIpc) is 3.17. The van der Waals surface area contributed by atoms with Gasteiger partial charge in [0.05, 0.1) is 0 Å². The molecule has 0 saturated heterocycles. The van der Waals surface area contributed by atoms with Crippen LogP contribution in [0.3, 0.4) is 0 Å². The lowest BCUT2D eigenvalue weighted by Crippen LogP contribution is -2.13. The van der Waals surface area contributed by atoms with Gasteiger partial charge in [-0.05, 0) is 63.1 Å². The molecule has 3 rings (SSSR count). The number of hydrogen-bond donors (Lipinski definition) is 1. The molecule has 0 bridgehead atoms. The van der Waals surface area contributed by atoms with E-state index >= 15 is 0 Å². The molecule has 0 spiro atoms. The van der Waals surface area contributed by atoms with Crippen molar-refractivity contribution >= 4 is 40.1 Å². The third-order valence-electron chi connectivity index (χ3n) is 4.39. The van der Waals surface area contributed by atoms with Crippen LogP contribution >= 0.6 is 22.9 Å². The maximum Gasteiger partial charge on any atom is 0.268 e. The molecule has 2 heterocycles. The van der Waals surface area contributed by atoms with Gasteiger partial charge >= 0.3 is 0 Å². The summed E-state index contributed by atoms with van der Waals surface area (Å²) in [6, 6.07) is 9.67. The molecule has 7 heteroatoms. The van der Waals surface area contributed by atoms with E-state index < -0.39 is 5.91 Å². The largest absolute Gasteiger partial charge is 0.318 e. The summed E-state index contributed by atoms with van der Waals surface area (Å²) in [4.78, 5) is 17.6. The van der Waals surface area contributed by atoms with Crippen molar-refractivity contribution in [3.63, 3.8) is 0 Å². The van der Waals surface area contributed by atoms with Crippen molar-refractivity contribution in [2.24, 2.45) is 0 Å². The van der Waals surface area contributed by atoms with Gasteiger partial charge in [-0.2, -0.15) is 5.26 Å². The number of aryl methyl sites for hydroxylation is 3. The Balaban J connectivity index is 1.98. The lowest BCUT2D eigenvalue weighted by molar-refractivity contribution is -0.112. The van der Waals surface area contributed by atoms with Gasteiger partial charge in [-0.1, -0.05) is 17.7 Å². The summed E-state index contributed by atoms with van der Waals surface area (Å²) in [7, 11) is 0. The molecule has 0 aliphatic carbocycles. The Kier molecular flexibility index (Phi) is 5.68. The standard InChI is InChI=1S/C21H19ClN4OS/c1-12-5-6-18(22)9-19(12)26-13(2)7-16(15(26)4)8-17(10-23)20(27)25-21-24-11-14(3)28-21/h5-9,11H,1-4H3,(H,24,25,27)/b17-8-. The number of thiazole rings is 1. The van der Waals surface area contributed by atoms with E-state index in [0.29, 0.717) is 10.2 Å². The van der Waals surface area contributed by atoms with E-state index in [1.807, 2.05) is 58.0 Å². The monoisotopic (exact) mass is 410 g/mol. The third-order valence-corrected chi connectivity index (χ3v) is 5.45. The predicted octanol–water partition coefficient (Wildman–Crippen LogP) is 5.37. The van der Waals surface area contributed by atoms with Gasteiger partial charge in [-0.25, -0.2) is 4.98 Å². The summed E-state index contributed by atoms with van der Waals surface area (Å²) < 4.78 is 2.07. The van der Waals surface area contributed by atoms with E-state index in [0.717, 1.165) is 33.1 Å². The Bertz CT molecular complexity index is 1130. The third kappa shape index (κ3) is 4.01. The second kappa shape index (κ2) is 8.01. The number of aromatic nitrogens is 2. The molecule has 0 saturated carbocycles. The SMILES string of the molecule is Cc1cnc(NC(=O)/C(C#N)=C\c2cc(C)n(-c3cc(Cl)ccc3C)c2C)s1. The number of nitrogens with one attached hydrogen (secondary N) is 1. The van der Waals surface area contributed by atoms with Gasteiger partial charge in [-0.3, -0.25) is 10.1 Å². The Hall–Kier alpha value is -2.88. The first kappa shape index (κ1) is 19.9. The van der Waals surface area contributed by atoms with E-state index in [1.54, 1.807) is 12.3 Å². The zero-order valence-corrected chi connectivity index (χ0v) is 17.6. The first-order valence-electron chi connectivity index (χ1n) is 8.61. The normalized spacial score (nSPS) is 11.4. The molecule has 0 unspecified atom stereocenters. The number of halogens is 1. The van der Waals surface area contributed by atoms with Crippen LogP contribution in [0.2, 0.25) is 5.02 Å². The summed E-state index contributed by atoms with van der Waals surface area (Å²) in [5.74, 6) is -0.472. The molecular formula is C21H19ClN4OS. The first-order chi connectivity index (χ1) is 13.3. The van der Waals surface area contributed by atoms with Gasteiger partial charge in [0.25, 0.3) is 5.91 Å². The minimum absolute atomic E-state index is 0.0240. The molecule has 1 amide bonds. The van der Waals surface area contributed by atoms with Crippen LogP contribution < -0.4 is 5.32 Å². The van der Waals surface area contributed by atoms with Crippen LogP contribution in [0, 0.1) is 39.0 Å². The summed E-state index contributed by atoms with van der Waals surface area (Å²) in [5, 5.41) is 13.3. The van der Waals surface area contributed by atoms with E-state index in [2.05, 4.69) is 14.9 Å². The maximum absolute atomic E-state index is 12.5. The second-order valence-electron chi connectivity index (χ2n) is 6.49. The van der Waals surface area contributed by atoms with Crippen molar-refractivity contribution in [3.05, 3.63) is 68.4 Å². The molecule has 2 aromatic heterocycles. The van der Waals surface area contributed by atoms with Crippen molar-refractivity contribution in [1.82, 2.24) is 9.55 Å². The van der Waals surface area contributed by atoms with E-state index in [-0.39, 0.29) is 5.57 Å². The fourth-order valence-corrected chi connectivity index (χ4v) is 3.83. The minimum Gasteiger partial charge on any atom is -0.318 e. The van der Waals surface area contributed by atoms with Gasteiger partial charge in [0.1, 0.15) is 11.6 Å². The van der Waals surface area contributed by atoms with E-state index in [1.165, 1.54) is 11.3 Å². The van der Waals surface area contributed by atoms with Crippen molar-refractivity contribution in [2.45, 2.75) is 27.7 Å². The van der Waals surface area contributed by atoms with Crippen LogP contribution in [0.25, 0.3) is 11.8 Å². The molecule has 28 heavy (non-hydrogen) atoms. The Morgan fingerprint density at radius 3 is 2.68 bits per heavy atom. The number of anilines is 1. The molecule has 0 fully saturated rings. The molecule has 0 aliphatic heterocycles. The molecule has 0 atom stereocenters. The Morgan fingerprint density at radius 1 is 1.29 bits per heavy atom. The highest BCUT2D eigenvalue weighted by molar-refractivity contribution is 7.15. The van der Waals surface area contributed by atoms with Crippen LogP contribution in [0.5, 0.6) is 0 Å². The number of carbonyl (C=O) groups is 1. The summed E-state index contributed by atoms with van der Waals surface area (Å²) in [6.07, 6.45) is 3.28.